The zero-order chi connectivity index (χ0) is 22.5. The smallest absolute Gasteiger partial charge is 0.291 e. The first-order valence-electron chi connectivity index (χ1n) is 10.4. The van der Waals surface area contributed by atoms with Crippen molar-refractivity contribution in [3.63, 3.8) is 0 Å². The van der Waals surface area contributed by atoms with Crippen LogP contribution in [-0.2, 0) is 20.8 Å². The number of carbonyl (C=O) groups excluding carboxylic acids is 3. The minimum atomic E-state index is -1.02. The summed E-state index contributed by atoms with van der Waals surface area (Å²) in [5.41, 5.74) is -0.713. The zero-order valence-electron chi connectivity index (χ0n) is 18.6. The van der Waals surface area contributed by atoms with Gasteiger partial charge in [0.15, 0.2) is 11.5 Å². The van der Waals surface area contributed by atoms with E-state index >= 15 is 0 Å². The van der Waals surface area contributed by atoms with Gasteiger partial charge >= 0.3 is 0 Å². The molecule has 1 aromatic carbocycles. The number of ketones is 1. The van der Waals surface area contributed by atoms with E-state index in [4.69, 9.17) is 9.47 Å². The number of aryl methyl sites for hydroxylation is 1. The van der Waals surface area contributed by atoms with Crippen molar-refractivity contribution in [2.75, 3.05) is 20.8 Å². The van der Waals surface area contributed by atoms with Crippen LogP contribution in [0.4, 0.5) is 0 Å². The van der Waals surface area contributed by atoms with Gasteiger partial charge in [0.05, 0.1) is 14.2 Å². The van der Waals surface area contributed by atoms with Crippen LogP contribution >= 0.6 is 12.6 Å². The summed E-state index contributed by atoms with van der Waals surface area (Å²) in [5, 5.41) is -0.345. The molecule has 1 amide bonds. The Balaban J connectivity index is 2.16. The van der Waals surface area contributed by atoms with Gasteiger partial charge in [-0.2, -0.15) is 0 Å². The van der Waals surface area contributed by atoms with Crippen molar-refractivity contribution in [3.8, 4) is 11.5 Å². The van der Waals surface area contributed by atoms with Gasteiger partial charge in [0.2, 0.25) is 10.9 Å². The number of methoxy groups -OCH3 is 2. The van der Waals surface area contributed by atoms with Gasteiger partial charge < -0.3 is 14.4 Å². The first-order chi connectivity index (χ1) is 14.1. The topological polar surface area (TPSA) is 72.9 Å². The van der Waals surface area contributed by atoms with E-state index in [0.717, 1.165) is 5.56 Å². The van der Waals surface area contributed by atoms with E-state index in [1.165, 1.54) is 4.90 Å². The number of carbonyl (C=O) groups is 3. The number of hydrogen-bond donors (Lipinski definition) is 1. The number of amides is 1. The van der Waals surface area contributed by atoms with Crippen molar-refractivity contribution in [2.24, 2.45) is 5.41 Å². The maximum Gasteiger partial charge on any atom is 0.291 e. The van der Waals surface area contributed by atoms with E-state index < -0.39 is 22.6 Å². The van der Waals surface area contributed by atoms with Gasteiger partial charge in [-0.25, -0.2) is 0 Å². The minimum absolute atomic E-state index is 0.345. The molecule has 0 aromatic heterocycles. The van der Waals surface area contributed by atoms with Gasteiger partial charge in [-0.3, -0.25) is 14.4 Å². The molecule has 0 aliphatic carbocycles. The lowest BCUT2D eigenvalue weighted by Gasteiger charge is -2.37. The Morgan fingerprint density at radius 3 is 2.40 bits per heavy atom. The lowest BCUT2D eigenvalue weighted by Crippen LogP contribution is -2.55. The molecule has 0 bridgehead atoms. The van der Waals surface area contributed by atoms with Crippen LogP contribution in [0.3, 0.4) is 0 Å². The van der Waals surface area contributed by atoms with Crippen LogP contribution in [0.5, 0.6) is 11.5 Å². The molecule has 0 saturated carbocycles. The fourth-order valence-electron chi connectivity index (χ4n) is 3.96. The van der Waals surface area contributed by atoms with Crippen LogP contribution in [0.15, 0.2) is 18.2 Å². The lowest BCUT2D eigenvalue weighted by molar-refractivity contribution is -0.153. The molecule has 1 aromatic rings. The molecule has 30 heavy (non-hydrogen) atoms. The van der Waals surface area contributed by atoms with Crippen molar-refractivity contribution in [3.05, 3.63) is 23.8 Å². The second-order valence-electron chi connectivity index (χ2n) is 8.51. The number of hydrogen-bond acceptors (Lipinski definition) is 5. The molecular formula is C23H33NO5S. The van der Waals surface area contributed by atoms with Crippen molar-refractivity contribution in [1.29, 1.82) is 0 Å². The molecule has 0 unspecified atom stereocenters. The second kappa shape index (κ2) is 9.86. The SMILES string of the molecule is CCC(C)(C)C(=O)C(=O)N1CCC[C@@]1(CCCc1ccc(OC)c(OC)c1)C(=O)S. The number of ether oxygens (including phenoxy) is 2. The van der Waals surface area contributed by atoms with E-state index in [0.29, 0.717) is 56.6 Å². The van der Waals surface area contributed by atoms with Crippen molar-refractivity contribution in [1.82, 2.24) is 4.90 Å². The van der Waals surface area contributed by atoms with Crippen LogP contribution in [-0.4, -0.2) is 48.0 Å². The molecule has 7 heteroatoms. The van der Waals surface area contributed by atoms with Crippen LogP contribution in [0.1, 0.15) is 58.4 Å². The van der Waals surface area contributed by atoms with Gasteiger partial charge in [0.25, 0.3) is 5.91 Å². The Bertz CT molecular complexity index is 807. The van der Waals surface area contributed by atoms with Gasteiger partial charge in [-0.15, -0.1) is 12.6 Å². The number of Topliss-reactive ketones (excluding diaryl/α,β-unsaturated/α-hetero) is 1. The van der Waals surface area contributed by atoms with Crippen molar-refractivity contribution >= 4 is 29.4 Å². The predicted molar refractivity (Wildman–Crippen MR) is 119 cm³/mol. The molecule has 2 rings (SSSR count). The van der Waals surface area contributed by atoms with E-state index in [1.54, 1.807) is 28.1 Å². The molecule has 1 heterocycles. The average Bonchev–Trinajstić information content (AvgIpc) is 3.17. The summed E-state index contributed by atoms with van der Waals surface area (Å²) in [7, 11) is 3.18. The van der Waals surface area contributed by atoms with Crippen molar-refractivity contribution < 1.29 is 23.9 Å². The van der Waals surface area contributed by atoms with Crippen LogP contribution < -0.4 is 9.47 Å². The van der Waals surface area contributed by atoms with Gasteiger partial charge in [-0.05, 0) is 56.2 Å². The Hall–Kier alpha value is -2.02. The fourth-order valence-corrected chi connectivity index (χ4v) is 4.30. The molecule has 166 valence electrons. The summed E-state index contributed by atoms with van der Waals surface area (Å²) in [5.74, 6) is 0.312. The van der Waals surface area contributed by atoms with Crippen LogP contribution in [0.25, 0.3) is 0 Å². The molecule has 1 aliphatic heterocycles. The first kappa shape index (κ1) is 24.3. The predicted octanol–water partition coefficient (Wildman–Crippen LogP) is 3.85. The summed E-state index contributed by atoms with van der Waals surface area (Å²) in [6.07, 6.45) is 3.64. The zero-order valence-corrected chi connectivity index (χ0v) is 19.5. The Morgan fingerprint density at radius 2 is 1.83 bits per heavy atom. The number of benzene rings is 1. The maximum absolute atomic E-state index is 13.0. The minimum Gasteiger partial charge on any atom is -0.493 e. The molecule has 6 nitrogen and oxygen atoms in total. The summed E-state index contributed by atoms with van der Waals surface area (Å²) < 4.78 is 10.6. The highest BCUT2D eigenvalue weighted by Gasteiger charge is 2.50. The quantitative estimate of drug-likeness (QED) is 0.446. The Morgan fingerprint density at radius 1 is 1.17 bits per heavy atom. The van der Waals surface area contributed by atoms with E-state index in [2.05, 4.69) is 12.6 Å². The van der Waals surface area contributed by atoms with Gasteiger partial charge in [-0.1, -0.05) is 26.8 Å². The second-order valence-corrected chi connectivity index (χ2v) is 8.91. The highest BCUT2D eigenvalue weighted by molar-refractivity contribution is 7.96. The molecule has 0 spiro atoms. The number of rotatable bonds is 10. The molecule has 1 aliphatic rings. The molecular weight excluding hydrogens is 402 g/mol. The average molecular weight is 436 g/mol. The van der Waals surface area contributed by atoms with E-state index in [1.807, 2.05) is 25.1 Å². The van der Waals surface area contributed by atoms with E-state index in [9.17, 15) is 14.4 Å². The molecule has 1 saturated heterocycles. The third-order valence-corrected chi connectivity index (χ3v) is 6.74. The standard InChI is InChI=1S/C23H33NO5S/c1-6-22(2,3)19(25)20(26)24-14-8-13-23(24,21(27)30)12-7-9-16-10-11-17(28-4)18(15-16)29-5/h10-11,15H,6-9,12-14H2,1-5H3,(H,27,30)/t23-/m0/s1. The lowest BCUT2D eigenvalue weighted by atomic mass is 9.83. The summed E-state index contributed by atoms with van der Waals surface area (Å²) in [6.45, 7) is 5.83. The van der Waals surface area contributed by atoms with Gasteiger partial charge in [0, 0.05) is 12.0 Å². The number of nitrogens with zero attached hydrogens (tertiary/aromatic N) is 1. The number of likely N-dealkylation sites (tertiary alicyclic amines) is 1. The largest absolute Gasteiger partial charge is 0.493 e. The summed E-state index contributed by atoms with van der Waals surface area (Å²) >= 11 is 4.13. The monoisotopic (exact) mass is 435 g/mol. The molecule has 1 fully saturated rings. The Kier molecular flexibility index (Phi) is 7.97. The molecule has 1 atom stereocenters. The fraction of sp³-hybridized carbons (Fsp3) is 0.609. The third-order valence-electron chi connectivity index (χ3n) is 6.33. The highest BCUT2D eigenvalue weighted by atomic mass is 32.1. The Labute approximate surface area is 184 Å². The van der Waals surface area contributed by atoms with Gasteiger partial charge in [0.1, 0.15) is 5.54 Å². The van der Waals surface area contributed by atoms with Crippen molar-refractivity contribution in [2.45, 2.75) is 64.8 Å². The highest BCUT2D eigenvalue weighted by Crippen LogP contribution is 2.38. The first-order valence-corrected chi connectivity index (χ1v) is 10.9. The van der Waals surface area contributed by atoms with E-state index in [-0.39, 0.29) is 5.12 Å². The normalized spacial score (nSPS) is 18.9. The summed E-state index contributed by atoms with van der Waals surface area (Å²) in [6, 6.07) is 5.73. The molecule has 0 radical (unpaired) electrons. The molecule has 0 N–H and O–H groups in total. The van der Waals surface area contributed by atoms with Crippen LogP contribution in [0.2, 0.25) is 0 Å². The van der Waals surface area contributed by atoms with Crippen LogP contribution in [0, 0.1) is 5.41 Å². The number of thiol groups is 1. The maximum atomic E-state index is 13.0. The summed E-state index contributed by atoms with van der Waals surface area (Å²) in [4.78, 5) is 39.8. The third kappa shape index (κ3) is 4.82.